The minimum absolute atomic E-state index is 0.0901. The molecule has 3 heterocycles. The van der Waals surface area contributed by atoms with Gasteiger partial charge >= 0.3 is 6.09 Å². The van der Waals surface area contributed by atoms with Crippen molar-refractivity contribution in [3.05, 3.63) is 39.6 Å². The van der Waals surface area contributed by atoms with Crippen molar-refractivity contribution in [1.82, 2.24) is 14.9 Å². The van der Waals surface area contributed by atoms with Gasteiger partial charge in [-0.2, -0.15) is 0 Å². The molecule has 7 nitrogen and oxygen atoms in total. The van der Waals surface area contributed by atoms with Gasteiger partial charge in [-0.3, -0.25) is 4.79 Å². The van der Waals surface area contributed by atoms with E-state index in [1.165, 1.54) is 18.4 Å². The summed E-state index contributed by atoms with van der Waals surface area (Å²) in [4.78, 5) is 34.0. The van der Waals surface area contributed by atoms with Gasteiger partial charge in [0.1, 0.15) is 22.6 Å². The van der Waals surface area contributed by atoms with Crippen molar-refractivity contribution in [3.8, 4) is 5.75 Å². The molecule has 0 aliphatic carbocycles. The summed E-state index contributed by atoms with van der Waals surface area (Å²) >= 11 is 1.47. The van der Waals surface area contributed by atoms with Crippen molar-refractivity contribution in [2.75, 3.05) is 20.2 Å². The number of carbonyl (C=O) groups is 2. The van der Waals surface area contributed by atoms with Gasteiger partial charge < -0.3 is 14.4 Å². The van der Waals surface area contributed by atoms with Crippen molar-refractivity contribution in [1.29, 1.82) is 0 Å². The van der Waals surface area contributed by atoms with Gasteiger partial charge in [0.25, 0.3) is 0 Å². The Morgan fingerprint density at radius 3 is 2.64 bits per heavy atom. The highest BCUT2D eigenvalue weighted by molar-refractivity contribution is 7.09. The van der Waals surface area contributed by atoms with E-state index in [1.807, 2.05) is 19.2 Å². The van der Waals surface area contributed by atoms with Crippen LogP contribution < -0.4 is 4.74 Å². The molecule has 0 saturated carbocycles. The number of ether oxygens (including phenoxy) is 2. The number of carbonyl (C=O) groups excluding carboxylic acids is 2. The van der Waals surface area contributed by atoms with Crippen LogP contribution in [0.1, 0.15) is 26.9 Å². The number of aryl methyl sites for hydroxylation is 2. The first-order valence-corrected chi connectivity index (χ1v) is 8.75. The molecule has 1 saturated heterocycles. The number of methoxy groups -OCH3 is 1. The Bertz CT molecular complexity index is 799. The molecule has 0 atom stereocenters. The normalized spacial score (nSPS) is 14.1. The predicted molar refractivity (Wildman–Crippen MR) is 92.3 cm³/mol. The number of ketones is 1. The van der Waals surface area contributed by atoms with Crippen LogP contribution in [-0.4, -0.2) is 53.0 Å². The molecule has 132 valence electrons. The van der Waals surface area contributed by atoms with E-state index in [-0.39, 0.29) is 24.4 Å². The zero-order valence-electron chi connectivity index (χ0n) is 14.3. The van der Waals surface area contributed by atoms with Crippen LogP contribution in [-0.2, 0) is 11.2 Å². The van der Waals surface area contributed by atoms with Gasteiger partial charge in [0.05, 0.1) is 26.6 Å². The second-order valence-corrected chi connectivity index (χ2v) is 6.87. The molecule has 3 rings (SSSR count). The number of aromatic nitrogens is 2. The molecule has 0 bridgehead atoms. The number of hydrogen-bond acceptors (Lipinski definition) is 7. The van der Waals surface area contributed by atoms with E-state index in [1.54, 1.807) is 17.0 Å². The highest BCUT2D eigenvalue weighted by Gasteiger charge is 2.33. The molecule has 1 fully saturated rings. The lowest BCUT2D eigenvalue weighted by Gasteiger charge is -2.37. The van der Waals surface area contributed by atoms with Crippen LogP contribution in [0.5, 0.6) is 5.75 Å². The first-order chi connectivity index (χ1) is 11.9. The number of likely N-dealkylation sites (tertiary alicyclic amines) is 1. The van der Waals surface area contributed by atoms with E-state index in [9.17, 15) is 9.59 Å². The SMILES string of the molecule is COC(=O)N1CC(Oc2cc(C)nc(C(=O)Cc3nc(C)cs3)c2)C1. The van der Waals surface area contributed by atoms with Crippen molar-refractivity contribution in [2.45, 2.75) is 26.4 Å². The third kappa shape index (κ3) is 4.14. The minimum Gasteiger partial charge on any atom is -0.487 e. The summed E-state index contributed by atoms with van der Waals surface area (Å²) in [6.45, 7) is 4.65. The van der Waals surface area contributed by atoms with Crippen molar-refractivity contribution in [2.24, 2.45) is 0 Å². The molecule has 8 heteroatoms. The van der Waals surface area contributed by atoms with E-state index >= 15 is 0 Å². The third-order valence-electron chi connectivity index (χ3n) is 3.77. The van der Waals surface area contributed by atoms with Gasteiger partial charge in [0, 0.05) is 28.9 Å². The minimum atomic E-state index is -0.361. The summed E-state index contributed by atoms with van der Waals surface area (Å²) in [5, 5.41) is 2.70. The Kier molecular flexibility index (Phi) is 4.98. The molecule has 0 N–H and O–H groups in total. The summed E-state index contributed by atoms with van der Waals surface area (Å²) in [7, 11) is 1.35. The summed E-state index contributed by atoms with van der Waals surface area (Å²) in [6.07, 6.45) is -0.237. The standard InChI is InChI=1S/C17H19N3O4S/c1-10-4-12(24-13-7-20(8-13)17(22)23-3)5-14(18-10)15(21)6-16-19-11(2)9-25-16/h4-5,9,13H,6-8H2,1-3H3. The van der Waals surface area contributed by atoms with Crippen LogP contribution >= 0.6 is 11.3 Å². The largest absolute Gasteiger partial charge is 0.487 e. The van der Waals surface area contributed by atoms with Gasteiger partial charge in [-0.05, 0) is 13.8 Å². The zero-order valence-corrected chi connectivity index (χ0v) is 15.1. The van der Waals surface area contributed by atoms with Crippen molar-refractivity contribution >= 4 is 23.2 Å². The molecule has 0 radical (unpaired) electrons. The Hall–Kier alpha value is -2.48. The molecule has 1 aliphatic rings. The number of nitrogens with zero attached hydrogens (tertiary/aromatic N) is 3. The lowest BCUT2D eigenvalue weighted by Crippen LogP contribution is -2.56. The van der Waals surface area contributed by atoms with Crippen molar-refractivity contribution < 1.29 is 19.1 Å². The van der Waals surface area contributed by atoms with E-state index in [4.69, 9.17) is 4.74 Å². The van der Waals surface area contributed by atoms with Crippen LogP contribution in [0.3, 0.4) is 0 Å². The molecule has 2 aromatic rings. The maximum absolute atomic E-state index is 12.5. The number of rotatable bonds is 5. The first-order valence-electron chi connectivity index (χ1n) is 7.87. The molecule has 1 aliphatic heterocycles. The van der Waals surface area contributed by atoms with Crippen molar-refractivity contribution in [3.63, 3.8) is 0 Å². The quantitative estimate of drug-likeness (QED) is 0.761. The fourth-order valence-corrected chi connectivity index (χ4v) is 3.31. The van der Waals surface area contributed by atoms with Gasteiger partial charge in [0.2, 0.25) is 0 Å². The summed E-state index contributed by atoms with van der Waals surface area (Å²) in [6, 6.07) is 3.43. The van der Waals surface area contributed by atoms with Crippen LogP contribution in [0.2, 0.25) is 0 Å². The summed E-state index contributed by atoms with van der Waals surface area (Å²) in [5.74, 6) is 0.494. The number of amides is 1. The lowest BCUT2D eigenvalue weighted by molar-refractivity contribution is 0.0182. The second-order valence-electron chi connectivity index (χ2n) is 5.93. The molecule has 0 aromatic carbocycles. The van der Waals surface area contributed by atoms with Gasteiger partial charge in [-0.1, -0.05) is 0 Å². The average Bonchev–Trinajstić information content (AvgIpc) is 2.94. The number of Topliss-reactive ketones (excluding diaryl/α,β-unsaturated/α-hetero) is 1. The molecule has 1 amide bonds. The molecule has 0 spiro atoms. The number of hydrogen-bond donors (Lipinski definition) is 0. The zero-order chi connectivity index (χ0) is 18.0. The highest BCUT2D eigenvalue weighted by atomic mass is 32.1. The highest BCUT2D eigenvalue weighted by Crippen LogP contribution is 2.21. The fourth-order valence-electron chi connectivity index (χ4n) is 2.54. The monoisotopic (exact) mass is 361 g/mol. The van der Waals surface area contributed by atoms with E-state index < -0.39 is 0 Å². The van der Waals surface area contributed by atoms with Crippen LogP contribution in [0.15, 0.2) is 17.5 Å². The van der Waals surface area contributed by atoms with Crippen LogP contribution in [0.25, 0.3) is 0 Å². The van der Waals surface area contributed by atoms with E-state index in [0.717, 1.165) is 10.7 Å². The Morgan fingerprint density at radius 1 is 1.24 bits per heavy atom. The topological polar surface area (TPSA) is 81.6 Å². The first kappa shape index (κ1) is 17.3. The second kappa shape index (κ2) is 7.18. The van der Waals surface area contributed by atoms with Crippen LogP contribution in [0.4, 0.5) is 4.79 Å². The predicted octanol–water partition coefficient (Wildman–Crippen LogP) is 2.41. The third-order valence-corrected chi connectivity index (χ3v) is 4.74. The Labute approximate surface area is 149 Å². The Balaban J connectivity index is 1.64. The summed E-state index contributed by atoms with van der Waals surface area (Å²) in [5.41, 5.74) is 1.99. The maximum Gasteiger partial charge on any atom is 0.409 e. The van der Waals surface area contributed by atoms with E-state index in [2.05, 4.69) is 14.7 Å². The molecule has 0 unspecified atom stereocenters. The summed E-state index contributed by atoms with van der Waals surface area (Å²) < 4.78 is 10.5. The fraction of sp³-hybridized carbons (Fsp3) is 0.412. The molecule has 2 aromatic heterocycles. The van der Waals surface area contributed by atoms with Crippen LogP contribution in [0, 0.1) is 13.8 Å². The number of pyridine rings is 1. The van der Waals surface area contributed by atoms with Gasteiger partial charge in [-0.15, -0.1) is 11.3 Å². The smallest absolute Gasteiger partial charge is 0.409 e. The average molecular weight is 361 g/mol. The Morgan fingerprint density at radius 2 is 2.00 bits per heavy atom. The van der Waals surface area contributed by atoms with Gasteiger partial charge in [0.15, 0.2) is 5.78 Å². The van der Waals surface area contributed by atoms with Gasteiger partial charge in [-0.25, -0.2) is 14.8 Å². The number of thiazole rings is 1. The molecular formula is C17H19N3O4S. The molecular weight excluding hydrogens is 342 g/mol. The molecule has 25 heavy (non-hydrogen) atoms. The maximum atomic E-state index is 12.5. The van der Waals surface area contributed by atoms with E-state index in [0.29, 0.717) is 30.2 Å². The lowest BCUT2D eigenvalue weighted by atomic mass is 10.1.